The molecule has 0 aromatic carbocycles. The van der Waals surface area contributed by atoms with Gasteiger partial charge in [-0.3, -0.25) is 4.98 Å². The molecule has 0 unspecified atom stereocenters. The van der Waals surface area contributed by atoms with Gasteiger partial charge in [-0.2, -0.15) is 5.26 Å². The van der Waals surface area contributed by atoms with Crippen molar-refractivity contribution in [2.75, 3.05) is 0 Å². The first-order chi connectivity index (χ1) is 6.90. The molecule has 0 N–H and O–H groups in total. The molecule has 2 aromatic rings. The van der Waals surface area contributed by atoms with E-state index >= 15 is 0 Å². The molecule has 0 radical (unpaired) electrons. The number of nitriles is 1. The van der Waals surface area contributed by atoms with Gasteiger partial charge in [0.25, 0.3) is 0 Å². The molecule has 0 aliphatic carbocycles. The largest absolute Gasteiger partial charge is 0.263 e. The second-order valence-electron chi connectivity index (χ2n) is 2.29. The van der Waals surface area contributed by atoms with E-state index in [1.807, 2.05) is 0 Å². The minimum Gasteiger partial charge on any atom is -0.263 e. The first kappa shape index (κ1) is 9.12. The Balaban J connectivity index is 2.30. The summed E-state index contributed by atoms with van der Waals surface area (Å²) >= 11 is 2.85. The van der Waals surface area contributed by atoms with Crippen LogP contribution in [0.15, 0.2) is 33.2 Å². The molecule has 0 saturated carbocycles. The lowest BCUT2D eigenvalue weighted by Gasteiger charge is -1.97. The zero-order valence-electron chi connectivity index (χ0n) is 6.91. The molecule has 0 fully saturated rings. The van der Waals surface area contributed by atoms with Crippen molar-refractivity contribution in [2.24, 2.45) is 0 Å². The summed E-state index contributed by atoms with van der Waals surface area (Å²) in [6, 6.07) is 3.79. The molecular weight excluding hydrogens is 216 g/mol. The summed E-state index contributed by atoms with van der Waals surface area (Å²) in [6.45, 7) is 0. The fourth-order valence-corrected chi connectivity index (χ4v) is 2.34. The minimum absolute atomic E-state index is 0.611. The van der Waals surface area contributed by atoms with Gasteiger partial charge in [-0.25, -0.2) is 0 Å². The van der Waals surface area contributed by atoms with Crippen molar-refractivity contribution in [2.45, 2.75) is 9.24 Å². The van der Waals surface area contributed by atoms with Gasteiger partial charge in [0.1, 0.15) is 11.6 Å². The standard InChI is InChI=1S/C8H4N4S2/c9-3-6-1-2-10-4-7(6)14-8-12-11-5-13-8/h1-2,4-5H. The summed E-state index contributed by atoms with van der Waals surface area (Å²) in [4.78, 5) is 4.77. The number of hydrogen-bond acceptors (Lipinski definition) is 6. The highest BCUT2D eigenvalue weighted by molar-refractivity contribution is 8.01. The molecule has 0 amide bonds. The Morgan fingerprint density at radius 3 is 3.14 bits per heavy atom. The van der Waals surface area contributed by atoms with Crippen molar-refractivity contribution < 1.29 is 0 Å². The van der Waals surface area contributed by atoms with Crippen LogP contribution in [0.5, 0.6) is 0 Å². The average Bonchev–Trinajstić information content (AvgIpc) is 2.71. The summed E-state index contributed by atoms with van der Waals surface area (Å²) in [6.07, 6.45) is 3.26. The van der Waals surface area contributed by atoms with Crippen molar-refractivity contribution in [3.63, 3.8) is 0 Å². The van der Waals surface area contributed by atoms with Crippen LogP contribution >= 0.6 is 23.1 Å². The Morgan fingerprint density at radius 2 is 2.43 bits per heavy atom. The minimum atomic E-state index is 0.611. The van der Waals surface area contributed by atoms with Crippen LogP contribution in [0.2, 0.25) is 0 Å². The molecule has 4 nitrogen and oxygen atoms in total. The normalized spacial score (nSPS) is 9.64. The third-order valence-corrected chi connectivity index (χ3v) is 3.27. The Labute approximate surface area is 88.6 Å². The highest BCUT2D eigenvalue weighted by Crippen LogP contribution is 2.29. The zero-order chi connectivity index (χ0) is 9.80. The van der Waals surface area contributed by atoms with E-state index in [1.54, 1.807) is 24.0 Å². The SMILES string of the molecule is N#Cc1ccncc1Sc1nncs1. The summed E-state index contributed by atoms with van der Waals surface area (Å²) in [7, 11) is 0. The topological polar surface area (TPSA) is 62.5 Å². The van der Waals surface area contributed by atoms with Gasteiger partial charge in [0.2, 0.25) is 0 Å². The van der Waals surface area contributed by atoms with Crippen molar-refractivity contribution >= 4 is 23.1 Å². The van der Waals surface area contributed by atoms with Gasteiger partial charge in [0, 0.05) is 12.4 Å². The van der Waals surface area contributed by atoms with Gasteiger partial charge in [-0.05, 0) is 6.07 Å². The molecular formula is C8H4N4S2. The van der Waals surface area contributed by atoms with Gasteiger partial charge < -0.3 is 0 Å². The number of rotatable bonds is 2. The molecule has 0 aliphatic rings. The second kappa shape index (κ2) is 4.17. The van der Waals surface area contributed by atoms with E-state index in [9.17, 15) is 0 Å². The lowest BCUT2D eigenvalue weighted by atomic mass is 10.3. The Morgan fingerprint density at radius 1 is 1.50 bits per heavy atom. The molecule has 2 aromatic heterocycles. The van der Waals surface area contributed by atoms with E-state index in [-0.39, 0.29) is 0 Å². The van der Waals surface area contributed by atoms with E-state index in [0.29, 0.717) is 5.56 Å². The Kier molecular flexibility index (Phi) is 2.72. The maximum absolute atomic E-state index is 8.82. The van der Waals surface area contributed by atoms with Gasteiger partial charge in [-0.15, -0.1) is 10.2 Å². The maximum atomic E-state index is 8.82. The molecule has 0 atom stereocenters. The number of aromatic nitrogens is 3. The lowest BCUT2D eigenvalue weighted by molar-refractivity contribution is 1.01. The highest BCUT2D eigenvalue weighted by Gasteiger charge is 2.05. The maximum Gasteiger partial charge on any atom is 0.178 e. The van der Waals surface area contributed by atoms with Gasteiger partial charge in [0.15, 0.2) is 4.34 Å². The first-order valence-electron chi connectivity index (χ1n) is 3.68. The van der Waals surface area contributed by atoms with Crippen LogP contribution in [0.4, 0.5) is 0 Å². The van der Waals surface area contributed by atoms with E-state index in [0.717, 1.165) is 9.24 Å². The van der Waals surface area contributed by atoms with Crippen molar-refractivity contribution in [3.8, 4) is 6.07 Å². The van der Waals surface area contributed by atoms with Crippen LogP contribution < -0.4 is 0 Å². The third kappa shape index (κ3) is 1.89. The van der Waals surface area contributed by atoms with E-state index in [2.05, 4.69) is 21.3 Å². The molecule has 0 spiro atoms. The fourth-order valence-electron chi connectivity index (χ4n) is 0.855. The van der Waals surface area contributed by atoms with Crippen LogP contribution in [-0.2, 0) is 0 Å². The molecule has 0 saturated heterocycles. The first-order valence-corrected chi connectivity index (χ1v) is 5.38. The van der Waals surface area contributed by atoms with E-state index < -0.39 is 0 Å². The zero-order valence-corrected chi connectivity index (χ0v) is 8.55. The van der Waals surface area contributed by atoms with Gasteiger partial charge in [-0.1, -0.05) is 23.1 Å². The molecule has 2 heterocycles. The van der Waals surface area contributed by atoms with Crippen LogP contribution in [-0.4, -0.2) is 15.2 Å². The van der Waals surface area contributed by atoms with Gasteiger partial charge >= 0.3 is 0 Å². The van der Waals surface area contributed by atoms with Crippen molar-refractivity contribution in [1.29, 1.82) is 5.26 Å². The summed E-state index contributed by atoms with van der Waals surface area (Å²) in [5.74, 6) is 0. The van der Waals surface area contributed by atoms with Gasteiger partial charge in [0.05, 0.1) is 10.5 Å². The van der Waals surface area contributed by atoms with Crippen molar-refractivity contribution in [1.82, 2.24) is 15.2 Å². The monoisotopic (exact) mass is 220 g/mol. The van der Waals surface area contributed by atoms with E-state index in [1.165, 1.54) is 23.1 Å². The van der Waals surface area contributed by atoms with Crippen LogP contribution in [0.25, 0.3) is 0 Å². The van der Waals surface area contributed by atoms with Crippen LogP contribution in [0.3, 0.4) is 0 Å². The Bertz CT molecular complexity index is 460. The lowest BCUT2D eigenvalue weighted by Crippen LogP contribution is -1.82. The van der Waals surface area contributed by atoms with Crippen LogP contribution in [0, 0.1) is 11.3 Å². The van der Waals surface area contributed by atoms with Crippen molar-refractivity contribution in [3.05, 3.63) is 29.5 Å². The summed E-state index contributed by atoms with van der Waals surface area (Å²) in [5.41, 5.74) is 2.27. The number of nitrogens with zero attached hydrogens (tertiary/aromatic N) is 4. The number of pyridine rings is 1. The molecule has 6 heteroatoms. The predicted molar refractivity (Wildman–Crippen MR) is 53.0 cm³/mol. The Hall–Kier alpha value is -1.45. The second-order valence-corrected chi connectivity index (χ2v) is 4.41. The van der Waals surface area contributed by atoms with Crippen LogP contribution in [0.1, 0.15) is 5.56 Å². The molecule has 2 rings (SSSR count). The highest BCUT2D eigenvalue weighted by atomic mass is 32.2. The third-order valence-electron chi connectivity index (χ3n) is 1.44. The molecule has 14 heavy (non-hydrogen) atoms. The molecule has 68 valence electrons. The van der Waals surface area contributed by atoms with E-state index in [4.69, 9.17) is 5.26 Å². The number of hydrogen-bond donors (Lipinski definition) is 0. The predicted octanol–water partition coefficient (Wildman–Crippen LogP) is 1.96. The quantitative estimate of drug-likeness (QED) is 0.774. The molecule has 0 bridgehead atoms. The molecule has 0 aliphatic heterocycles. The summed E-state index contributed by atoms with van der Waals surface area (Å²) in [5, 5.41) is 16.4. The smallest absolute Gasteiger partial charge is 0.178 e. The average molecular weight is 220 g/mol. The summed E-state index contributed by atoms with van der Waals surface area (Å²) < 4.78 is 0.814. The fraction of sp³-hybridized carbons (Fsp3) is 0.